The summed E-state index contributed by atoms with van der Waals surface area (Å²) in [5, 5.41) is 9.64. The number of aliphatic hydroxyl groups excluding tert-OH is 1. The summed E-state index contributed by atoms with van der Waals surface area (Å²) in [5.74, 6) is 0.688. The Morgan fingerprint density at radius 3 is 2.54 bits per heavy atom. The van der Waals surface area contributed by atoms with E-state index >= 15 is 0 Å². The maximum atomic E-state index is 9.64. The largest absolute Gasteiger partial charge is 0.393 e. The van der Waals surface area contributed by atoms with E-state index in [-0.39, 0.29) is 6.10 Å². The highest BCUT2D eigenvalue weighted by Crippen LogP contribution is 2.27. The quantitative estimate of drug-likeness (QED) is 0.725. The van der Waals surface area contributed by atoms with Gasteiger partial charge in [-0.05, 0) is 45.2 Å². The fourth-order valence-corrected chi connectivity index (χ4v) is 2.43. The van der Waals surface area contributed by atoms with Crippen molar-refractivity contribution >= 4 is 0 Å². The van der Waals surface area contributed by atoms with Crippen LogP contribution in [0.3, 0.4) is 0 Å². The third kappa shape index (κ3) is 3.28. The fourth-order valence-electron chi connectivity index (χ4n) is 2.43. The smallest absolute Gasteiger partial charge is 0.0557 e. The molecule has 0 radical (unpaired) electrons. The minimum Gasteiger partial charge on any atom is -0.393 e. The van der Waals surface area contributed by atoms with Crippen LogP contribution in [-0.2, 0) is 0 Å². The molecule has 1 rings (SSSR count). The maximum Gasteiger partial charge on any atom is 0.0557 e. The highest BCUT2D eigenvalue weighted by Gasteiger charge is 2.27. The van der Waals surface area contributed by atoms with Crippen molar-refractivity contribution in [2.24, 2.45) is 5.92 Å². The molecular formula is C11H23NO. The van der Waals surface area contributed by atoms with Crippen LogP contribution in [0, 0.1) is 5.92 Å². The summed E-state index contributed by atoms with van der Waals surface area (Å²) >= 11 is 0. The Morgan fingerprint density at radius 1 is 1.31 bits per heavy atom. The Labute approximate surface area is 81.9 Å². The molecular weight excluding hydrogens is 162 g/mol. The molecule has 0 spiro atoms. The zero-order chi connectivity index (χ0) is 9.84. The van der Waals surface area contributed by atoms with Crippen LogP contribution < -0.4 is 0 Å². The van der Waals surface area contributed by atoms with E-state index in [0.717, 1.165) is 19.4 Å². The summed E-state index contributed by atoms with van der Waals surface area (Å²) in [6.07, 6.45) is 4.37. The molecule has 0 heterocycles. The first-order chi connectivity index (χ1) is 6.13. The third-order valence-electron chi connectivity index (χ3n) is 3.09. The number of aliphatic hydroxyl groups is 1. The van der Waals surface area contributed by atoms with Gasteiger partial charge < -0.3 is 10.0 Å². The van der Waals surface area contributed by atoms with E-state index < -0.39 is 0 Å². The molecule has 1 saturated carbocycles. The van der Waals surface area contributed by atoms with Gasteiger partial charge in [0.2, 0.25) is 0 Å². The van der Waals surface area contributed by atoms with Gasteiger partial charge in [0.1, 0.15) is 0 Å². The molecule has 1 N–H and O–H groups in total. The highest BCUT2D eigenvalue weighted by molar-refractivity contribution is 4.81. The molecule has 0 aromatic rings. The van der Waals surface area contributed by atoms with Crippen molar-refractivity contribution in [2.45, 2.75) is 51.7 Å². The third-order valence-corrected chi connectivity index (χ3v) is 3.09. The minimum absolute atomic E-state index is 0.0620. The summed E-state index contributed by atoms with van der Waals surface area (Å²) in [4.78, 5) is 2.40. The van der Waals surface area contributed by atoms with Crippen LogP contribution in [0.25, 0.3) is 0 Å². The average molecular weight is 185 g/mol. The number of hydrogen-bond acceptors (Lipinski definition) is 2. The van der Waals surface area contributed by atoms with Gasteiger partial charge in [-0.25, -0.2) is 0 Å². The van der Waals surface area contributed by atoms with Crippen molar-refractivity contribution in [1.82, 2.24) is 4.90 Å². The zero-order valence-corrected chi connectivity index (χ0v) is 9.16. The molecule has 0 saturated heterocycles. The molecule has 78 valence electrons. The average Bonchev–Trinajstić information content (AvgIpc) is 2.03. The lowest BCUT2D eigenvalue weighted by molar-refractivity contribution is 0.0495. The second-order valence-corrected chi connectivity index (χ2v) is 4.60. The van der Waals surface area contributed by atoms with E-state index in [1.54, 1.807) is 0 Å². The monoisotopic (exact) mass is 185 g/mol. The van der Waals surface area contributed by atoms with Crippen LogP contribution in [0.2, 0.25) is 0 Å². The topological polar surface area (TPSA) is 23.5 Å². The van der Waals surface area contributed by atoms with Gasteiger partial charge >= 0.3 is 0 Å². The van der Waals surface area contributed by atoms with Gasteiger partial charge in [0, 0.05) is 6.04 Å². The molecule has 13 heavy (non-hydrogen) atoms. The molecule has 3 atom stereocenters. The van der Waals surface area contributed by atoms with Crippen LogP contribution >= 0.6 is 0 Å². The Hall–Kier alpha value is -0.0800. The SMILES string of the molecule is CCCN(C)C1CC(C)CC(O)C1. The standard InChI is InChI=1S/C11H23NO/c1-4-5-12(3)10-6-9(2)7-11(13)8-10/h9-11,13H,4-8H2,1-3H3. The molecule has 0 aliphatic heterocycles. The van der Waals surface area contributed by atoms with Crippen molar-refractivity contribution < 1.29 is 5.11 Å². The van der Waals surface area contributed by atoms with E-state index in [0.29, 0.717) is 12.0 Å². The van der Waals surface area contributed by atoms with Gasteiger partial charge in [-0.3, -0.25) is 0 Å². The van der Waals surface area contributed by atoms with Crippen LogP contribution in [0.4, 0.5) is 0 Å². The zero-order valence-electron chi connectivity index (χ0n) is 9.16. The van der Waals surface area contributed by atoms with Crippen LogP contribution in [0.5, 0.6) is 0 Å². The van der Waals surface area contributed by atoms with Gasteiger partial charge in [0.25, 0.3) is 0 Å². The van der Waals surface area contributed by atoms with Crippen molar-refractivity contribution in [3.05, 3.63) is 0 Å². The molecule has 0 aromatic heterocycles. The summed E-state index contributed by atoms with van der Waals surface area (Å²) in [6, 6.07) is 0.610. The molecule has 0 amide bonds. The Kier molecular flexibility index (Phi) is 4.20. The van der Waals surface area contributed by atoms with E-state index in [9.17, 15) is 5.11 Å². The van der Waals surface area contributed by atoms with Gasteiger partial charge in [-0.2, -0.15) is 0 Å². The van der Waals surface area contributed by atoms with Crippen molar-refractivity contribution in [3.8, 4) is 0 Å². The van der Waals surface area contributed by atoms with Crippen LogP contribution in [0.15, 0.2) is 0 Å². The molecule has 2 nitrogen and oxygen atoms in total. The first-order valence-corrected chi connectivity index (χ1v) is 5.51. The maximum absolute atomic E-state index is 9.64. The first-order valence-electron chi connectivity index (χ1n) is 5.51. The summed E-state index contributed by atoms with van der Waals surface area (Å²) in [7, 11) is 2.18. The lowest BCUT2D eigenvalue weighted by Crippen LogP contribution is -2.40. The molecule has 1 fully saturated rings. The lowest BCUT2D eigenvalue weighted by Gasteiger charge is -2.36. The minimum atomic E-state index is -0.0620. The Balaban J connectivity index is 2.40. The van der Waals surface area contributed by atoms with Crippen LogP contribution in [0.1, 0.15) is 39.5 Å². The van der Waals surface area contributed by atoms with Crippen LogP contribution in [-0.4, -0.2) is 35.7 Å². The second kappa shape index (κ2) is 4.97. The summed E-state index contributed by atoms with van der Waals surface area (Å²) in [6.45, 7) is 5.61. The number of nitrogens with zero attached hydrogens (tertiary/aromatic N) is 1. The number of hydrogen-bond donors (Lipinski definition) is 1. The van der Waals surface area contributed by atoms with Gasteiger partial charge in [0.05, 0.1) is 6.10 Å². The second-order valence-electron chi connectivity index (χ2n) is 4.60. The molecule has 0 bridgehead atoms. The number of rotatable bonds is 3. The van der Waals surface area contributed by atoms with E-state index in [2.05, 4.69) is 25.8 Å². The molecule has 2 heteroatoms. The van der Waals surface area contributed by atoms with Gasteiger partial charge in [-0.15, -0.1) is 0 Å². The van der Waals surface area contributed by atoms with Gasteiger partial charge in [0.15, 0.2) is 0 Å². The van der Waals surface area contributed by atoms with E-state index in [1.807, 2.05) is 0 Å². The normalized spacial score (nSPS) is 35.3. The molecule has 1 aliphatic carbocycles. The molecule has 1 aliphatic rings. The first kappa shape index (κ1) is 11.0. The van der Waals surface area contributed by atoms with E-state index in [1.165, 1.54) is 12.8 Å². The summed E-state index contributed by atoms with van der Waals surface area (Å²) in [5.41, 5.74) is 0. The van der Waals surface area contributed by atoms with Crippen molar-refractivity contribution in [2.75, 3.05) is 13.6 Å². The highest BCUT2D eigenvalue weighted by atomic mass is 16.3. The molecule has 3 unspecified atom stereocenters. The predicted octanol–water partition coefficient (Wildman–Crippen LogP) is 1.88. The van der Waals surface area contributed by atoms with Crippen molar-refractivity contribution in [3.63, 3.8) is 0 Å². The molecule has 0 aromatic carbocycles. The van der Waals surface area contributed by atoms with Gasteiger partial charge in [-0.1, -0.05) is 13.8 Å². The predicted molar refractivity (Wildman–Crippen MR) is 55.7 cm³/mol. The van der Waals surface area contributed by atoms with E-state index in [4.69, 9.17) is 0 Å². The summed E-state index contributed by atoms with van der Waals surface area (Å²) < 4.78 is 0. The fraction of sp³-hybridized carbons (Fsp3) is 1.00. The lowest BCUT2D eigenvalue weighted by atomic mass is 9.84. The Bertz CT molecular complexity index is 139. The Morgan fingerprint density at radius 2 is 2.00 bits per heavy atom. The van der Waals surface area contributed by atoms with Crippen molar-refractivity contribution in [1.29, 1.82) is 0 Å².